The molecule has 0 aliphatic heterocycles. The summed E-state index contributed by atoms with van der Waals surface area (Å²) in [4.78, 5) is 23.3. The van der Waals surface area contributed by atoms with Gasteiger partial charge in [0.2, 0.25) is 11.7 Å². The average molecular weight is 363 g/mol. The lowest BCUT2D eigenvalue weighted by atomic mass is 10.2. The molecule has 3 aromatic heterocycles. The molecule has 134 valence electrons. The van der Waals surface area contributed by atoms with Crippen molar-refractivity contribution < 1.29 is 22.5 Å². The van der Waals surface area contributed by atoms with Gasteiger partial charge in [0.1, 0.15) is 17.4 Å². The largest absolute Gasteiger partial charge is 0.433 e. The summed E-state index contributed by atoms with van der Waals surface area (Å²) in [7, 11) is 0. The topological polar surface area (TPSA) is 93.8 Å². The van der Waals surface area contributed by atoms with Crippen LogP contribution in [0.1, 0.15) is 35.0 Å². The van der Waals surface area contributed by atoms with Crippen molar-refractivity contribution in [3.63, 3.8) is 0 Å². The Morgan fingerprint density at radius 2 is 2.00 bits per heavy atom. The lowest BCUT2D eigenvalue weighted by Crippen LogP contribution is -2.27. The number of halogens is 3. The van der Waals surface area contributed by atoms with E-state index in [1.165, 1.54) is 18.3 Å². The van der Waals surface area contributed by atoms with Crippen molar-refractivity contribution >= 4 is 5.91 Å². The summed E-state index contributed by atoms with van der Waals surface area (Å²) in [6.45, 7) is 1.60. The summed E-state index contributed by atoms with van der Waals surface area (Å²) in [5.41, 5.74) is -0.744. The summed E-state index contributed by atoms with van der Waals surface area (Å²) in [5, 5.41) is 6.29. The van der Waals surface area contributed by atoms with Crippen LogP contribution in [0.25, 0.3) is 11.4 Å². The van der Waals surface area contributed by atoms with Crippen LogP contribution in [0.5, 0.6) is 0 Å². The number of pyridine rings is 2. The van der Waals surface area contributed by atoms with E-state index in [-0.39, 0.29) is 23.0 Å². The number of hydrogen-bond donors (Lipinski definition) is 1. The zero-order chi connectivity index (χ0) is 18.7. The van der Waals surface area contributed by atoms with Gasteiger partial charge in [-0.25, -0.2) is 0 Å². The molecule has 0 fully saturated rings. The van der Waals surface area contributed by atoms with Crippen molar-refractivity contribution in [3.8, 4) is 11.4 Å². The van der Waals surface area contributed by atoms with E-state index >= 15 is 0 Å². The summed E-state index contributed by atoms with van der Waals surface area (Å²) in [5.74, 6) is -0.428. The third-order valence-corrected chi connectivity index (χ3v) is 3.37. The first kappa shape index (κ1) is 17.5. The van der Waals surface area contributed by atoms with Crippen molar-refractivity contribution in [1.82, 2.24) is 25.4 Å². The van der Waals surface area contributed by atoms with Gasteiger partial charge in [0.25, 0.3) is 5.91 Å². The maximum absolute atomic E-state index is 12.7. The Bertz CT molecular complexity index is 912. The highest BCUT2D eigenvalue weighted by atomic mass is 19.4. The van der Waals surface area contributed by atoms with E-state index in [0.717, 1.165) is 12.3 Å². The Balaban J connectivity index is 1.76. The van der Waals surface area contributed by atoms with E-state index in [0.29, 0.717) is 0 Å². The van der Waals surface area contributed by atoms with Crippen LogP contribution in [0.2, 0.25) is 0 Å². The maximum atomic E-state index is 12.7. The highest BCUT2D eigenvalue weighted by Crippen LogP contribution is 2.29. The molecule has 10 heteroatoms. The lowest BCUT2D eigenvalue weighted by molar-refractivity contribution is -0.141. The molecule has 0 bridgehead atoms. The second-order valence-corrected chi connectivity index (χ2v) is 5.29. The van der Waals surface area contributed by atoms with Crippen LogP contribution in [-0.2, 0) is 6.18 Å². The first-order valence-corrected chi connectivity index (χ1v) is 7.43. The van der Waals surface area contributed by atoms with E-state index in [1.54, 1.807) is 19.1 Å². The first-order valence-electron chi connectivity index (χ1n) is 7.43. The molecule has 1 N–H and O–H groups in total. The fourth-order valence-electron chi connectivity index (χ4n) is 2.08. The molecule has 0 aromatic carbocycles. The Kier molecular flexibility index (Phi) is 4.65. The number of carbonyl (C=O) groups is 1. The molecular formula is C16H12F3N5O2. The van der Waals surface area contributed by atoms with Crippen LogP contribution in [0.3, 0.4) is 0 Å². The molecule has 3 rings (SSSR count). The normalized spacial score (nSPS) is 12.6. The van der Waals surface area contributed by atoms with Gasteiger partial charge in [0.15, 0.2) is 0 Å². The van der Waals surface area contributed by atoms with Gasteiger partial charge in [-0.1, -0.05) is 11.2 Å². The third kappa shape index (κ3) is 3.85. The van der Waals surface area contributed by atoms with E-state index in [9.17, 15) is 18.0 Å². The molecule has 0 aliphatic rings. The second-order valence-electron chi connectivity index (χ2n) is 5.29. The monoisotopic (exact) mass is 363 g/mol. The molecule has 0 spiro atoms. The summed E-state index contributed by atoms with van der Waals surface area (Å²) >= 11 is 0. The molecule has 7 nitrogen and oxygen atoms in total. The maximum Gasteiger partial charge on any atom is 0.433 e. The van der Waals surface area contributed by atoms with Crippen LogP contribution in [0.15, 0.2) is 47.2 Å². The Labute approximate surface area is 145 Å². The molecule has 3 aromatic rings. The number of nitrogens with one attached hydrogen (secondary N) is 1. The SMILES string of the molecule is CC(NC(=O)c1ccccn1)c1nc(-c2ccnc(C(F)(F)F)c2)no1. The van der Waals surface area contributed by atoms with E-state index in [1.807, 2.05) is 0 Å². The van der Waals surface area contributed by atoms with Crippen molar-refractivity contribution in [2.75, 3.05) is 0 Å². The van der Waals surface area contributed by atoms with E-state index in [4.69, 9.17) is 4.52 Å². The van der Waals surface area contributed by atoms with Crippen LogP contribution < -0.4 is 5.32 Å². The minimum absolute atomic E-state index is 0.0353. The number of carbonyl (C=O) groups excluding carboxylic acids is 1. The van der Waals surface area contributed by atoms with Gasteiger partial charge in [-0.2, -0.15) is 18.2 Å². The molecular weight excluding hydrogens is 351 g/mol. The second kappa shape index (κ2) is 6.90. The van der Waals surface area contributed by atoms with Gasteiger partial charge in [0.05, 0.1) is 0 Å². The molecule has 26 heavy (non-hydrogen) atoms. The smallest absolute Gasteiger partial charge is 0.339 e. The standard InChI is InChI=1S/C16H12F3N5O2/c1-9(22-14(25)11-4-2-3-6-20-11)15-23-13(24-26-15)10-5-7-21-12(8-10)16(17,18)19/h2-9H,1H3,(H,22,25). The summed E-state index contributed by atoms with van der Waals surface area (Å²) in [6.07, 6.45) is -2.08. The van der Waals surface area contributed by atoms with Crippen molar-refractivity contribution in [2.24, 2.45) is 0 Å². The quantitative estimate of drug-likeness (QED) is 0.766. The molecule has 0 radical (unpaired) electrons. The number of hydrogen-bond acceptors (Lipinski definition) is 6. The lowest BCUT2D eigenvalue weighted by Gasteiger charge is -2.08. The minimum atomic E-state index is -4.58. The fourth-order valence-corrected chi connectivity index (χ4v) is 2.08. The van der Waals surface area contributed by atoms with Gasteiger partial charge in [-0.3, -0.25) is 14.8 Å². The molecule has 0 aliphatic carbocycles. The number of alkyl halides is 3. The van der Waals surface area contributed by atoms with Gasteiger partial charge >= 0.3 is 6.18 Å². The summed E-state index contributed by atoms with van der Waals surface area (Å²) < 4.78 is 43.3. The number of nitrogens with zero attached hydrogens (tertiary/aromatic N) is 4. The zero-order valence-electron chi connectivity index (χ0n) is 13.4. The van der Waals surface area contributed by atoms with Crippen LogP contribution in [0.4, 0.5) is 13.2 Å². The molecule has 1 atom stereocenters. The summed E-state index contributed by atoms with van der Waals surface area (Å²) in [6, 6.07) is 6.38. The van der Waals surface area contributed by atoms with Crippen LogP contribution in [-0.4, -0.2) is 26.0 Å². The van der Waals surface area contributed by atoms with E-state index < -0.39 is 23.8 Å². The first-order chi connectivity index (χ1) is 12.3. The minimum Gasteiger partial charge on any atom is -0.339 e. The number of aromatic nitrogens is 4. The van der Waals surface area contributed by atoms with Gasteiger partial charge < -0.3 is 9.84 Å². The van der Waals surface area contributed by atoms with Crippen molar-refractivity contribution in [2.45, 2.75) is 19.1 Å². The number of rotatable bonds is 4. The van der Waals surface area contributed by atoms with Gasteiger partial charge in [-0.05, 0) is 31.2 Å². The van der Waals surface area contributed by atoms with Crippen molar-refractivity contribution in [1.29, 1.82) is 0 Å². The van der Waals surface area contributed by atoms with Crippen molar-refractivity contribution in [3.05, 3.63) is 60.0 Å². The van der Waals surface area contributed by atoms with Gasteiger partial charge in [-0.15, -0.1) is 0 Å². The van der Waals surface area contributed by atoms with Crippen LogP contribution in [0, 0.1) is 0 Å². The molecule has 1 unspecified atom stereocenters. The predicted molar refractivity (Wildman–Crippen MR) is 82.6 cm³/mol. The van der Waals surface area contributed by atoms with Gasteiger partial charge in [0, 0.05) is 18.0 Å². The third-order valence-electron chi connectivity index (χ3n) is 3.37. The number of amides is 1. The molecule has 1 amide bonds. The molecule has 0 saturated carbocycles. The fraction of sp³-hybridized carbons (Fsp3) is 0.188. The van der Waals surface area contributed by atoms with Crippen LogP contribution >= 0.6 is 0 Å². The zero-order valence-corrected chi connectivity index (χ0v) is 13.4. The Morgan fingerprint density at radius 1 is 1.19 bits per heavy atom. The Morgan fingerprint density at radius 3 is 2.69 bits per heavy atom. The molecule has 3 heterocycles. The van der Waals surface area contributed by atoms with E-state index in [2.05, 4.69) is 25.4 Å². The highest BCUT2D eigenvalue weighted by Gasteiger charge is 2.33. The predicted octanol–water partition coefficient (Wildman–Crippen LogP) is 3.04. The average Bonchev–Trinajstić information content (AvgIpc) is 3.12. The highest BCUT2D eigenvalue weighted by molar-refractivity contribution is 5.92. The molecule has 0 saturated heterocycles. The Hall–Kier alpha value is -3.30.